The van der Waals surface area contributed by atoms with Crippen LogP contribution >= 0.6 is 11.6 Å². The highest BCUT2D eigenvalue weighted by Gasteiger charge is 2.11. The van der Waals surface area contributed by atoms with Crippen molar-refractivity contribution in [1.82, 2.24) is 4.98 Å². The Labute approximate surface area is 116 Å². The van der Waals surface area contributed by atoms with Gasteiger partial charge in [-0.15, -0.1) is 0 Å². The number of carbonyl (C=O) groups is 1. The Bertz CT molecular complexity index is 614. The Morgan fingerprint density at radius 3 is 2.79 bits per heavy atom. The van der Waals surface area contributed by atoms with Crippen LogP contribution in [-0.4, -0.2) is 18.0 Å². The van der Waals surface area contributed by atoms with Crippen LogP contribution in [0, 0.1) is 6.92 Å². The molecule has 1 heterocycles. The average molecular weight is 277 g/mol. The van der Waals surface area contributed by atoms with E-state index < -0.39 is 0 Å². The summed E-state index contributed by atoms with van der Waals surface area (Å²) in [6, 6.07) is 10.4. The Kier molecular flexibility index (Phi) is 4.02. The highest BCUT2D eigenvalue weighted by molar-refractivity contribution is 6.29. The number of rotatable bonds is 3. The number of nitrogens with zero attached hydrogens (tertiary/aromatic N) is 1. The SMILES string of the molecule is COc1cc(C)ccc1NC(=O)c1cccc(Cl)n1. The van der Waals surface area contributed by atoms with Gasteiger partial charge in [0.1, 0.15) is 16.6 Å². The number of amides is 1. The van der Waals surface area contributed by atoms with Crippen molar-refractivity contribution in [3.05, 3.63) is 52.8 Å². The molecule has 0 aliphatic rings. The number of ether oxygens (including phenoxy) is 1. The number of methoxy groups -OCH3 is 1. The van der Waals surface area contributed by atoms with Crippen LogP contribution in [0.3, 0.4) is 0 Å². The Morgan fingerprint density at radius 1 is 1.32 bits per heavy atom. The van der Waals surface area contributed by atoms with Crippen LogP contribution in [0.25, 0.3) is 0 Å². The Hall–Kier alpha value is -2.07. The molecule has 0 unspecified atom stereocenters. The van der Waals surface area contributed by atoms with Crippen molar-refractivity contribution in [2.45, 2.75) is 6.92 Å². The molecule has 0 spiro atoms. The first-order chi connectivity index (χ1) is 9.10. The van der Waals surface area contributed by atoms with Crippen LogP contribution in [0.5, 0.6) is 5.75 Å². The third-order valence-electron chi connectivity index (χ3n) is 2.55. The lowest BCUT2D eigenvalue weighted by Crippen LogP contribution is -2.14. The van der Waals surface area contributed by atoms with Crippen molar-refractivity contribution in [2.24, 2.45) is 0 Å². The molecule has 0 saturated carbocycles. The number of carbonyl (C=O) groups excluding carboxylic acids is 1. The molecule has 4 nitrogen and oxygen atoms in total. The average Bonchev–Trinajstić information content (AvgIpc) is 2.40. The molecule has 1 amide bonds. The lowest BCUT2D eigenvalue weighted by Gasteiger charge is -2.10. The van der Waals surface area contributed by atoms with E-state index in [2.05, 4.69) is 10.3 Å². The molecule has 0 aliphatic heterocycles. The van der Waals surface area contributed by atoms with Crippen LogP contribution in [-0.2, 0) is 0 Å². The third-order valence-corrected chi connectivity index (χ3v) is 2.76. The van der Waals surface area contributed by atoms with Crippen molar-refractivity contribution < 1.29 is 9.53 Å². The zero-order valence-electron chi connectivity index (χ0n) is 10.6. The number of hydrogen-bond donors (Lipinski definition) is 1. The van der Waals surface area contributed by atoms with Gasteiger partial charge in [0, 0.05) is 0 Å². The minimum Gasteiger partial charge on any atom is -0.495 e. The van der Waals surface area contributed by atoms with E-state index in [9.17, 15) is 4.79 Å². The summed E-state index contributed by atoms with van der Waals surface area (Å²) >= 11 is 5.76. The lowest BCUT2D eigenvalue weighted by molar-refractivity contribution is 0.102. The number of aromatic nitrogens is 1. The molecule has 0 atom stereocenters. The molecule has 0 bridgehead atoms. The van der Waals surface area contributed by atoms with E-state index in [-0.39, 0.29) is 16.8 Å². The van der Waals surface area contributed by atoms with Crippen molar-refractivity contribution in [1.29, 1.82) is 0 Å². The Balaban J connectivity index is 2.24. The summed E-state index contributed by atoms with van der Waals surface area (Å²) in [5, 5.41) is 3.03. The maximum Gasteiger partial charge on any atom is 0.274 e. The molecule has 1 N–H and O–H groups in total. The molecule has 0 saturated heterocycles. The van der Waals surface area contributed by atoms with E-state index in [1.165, 1.54) is 0 Å². The fourth-order valence-corrected chi connectivity index (χ4v) is 1.79. The number of aryl methyl sites for hydroxylation is 1. The zero-order chi connectivity index (χ0) is 13.8. The quantitative estimate of drug-likeness (QED) is 0.875. The summed E-state index contributed by atoms with van der Waals surface area (Å²) in [6.45, 7) is 1.95. The molecular formula is C14H13ClN2O2. The number of pyridine rings is 1. The first-order valence-electron chi connectivity index (χ1n) is 5.68. The summed E-state index contributed by atoms with van der Waals surface area (Å²) in [4.78, 5) is 16.0. The summed E-state index contributed by atoms with van der Waals surface area (Å²) in [5.41, 5.74) is 1.91. The number of benzene rings is 1. The van der Waals surface area contributed by atoms with E-state index in [0.717, 1.165) is 5.56 Å². The lowest BCUT2D eigenvalue weighted by atomic mass is 10.2. The fraction of sp³-hybridized carbons (Fsp3) is 0.143. The molecule has 2 aromatic rings. The van der Waals surface area contributed by atoms with Crippen molar-refractivity contribution in [2.75, 3.05) is 12.4 Å². The van der Waals surface area contributed by atoms with Gasteiger partial charge in [0.15, 0.2) is 0 Å². The van der Waals surface area contributed by atoms with E-state index in [0.29, 0.717) is 11.4 Å². The van der Waals surface area contributed by atoms with Crippen molar-refractivity contribution in [3.8, 4) is 5.75 Å². The fourth-order valence-electron chi connectivity index (χ4n) is 1.62. The highest BCUT2D eigenvalue weighted by atomic mass is 35.5. The third kappa shape index (κ3) is 3.23. The second kappa shape index (κ2) is 5.71. The van der Waals surface area contributed by atoms with Gasteiger partial charge in [-0.25, -0.2) is 4.98 Å². The predicted octanol–water partition coefficient (Wildman–Crippen LogP) is 3.30. The largest absolute Gasteiger partial charge is 0.495 e. The van der Waals surface area contributed by atoms with Crippen LogP contribution in [0.4, 0.5) is 5.69 Å². The molecule has 1 aromatic heterocycles. The van der Waals surface area contributed by atoms with Crippen molar-refractivity contribution >= 4 is 23.2 Å². The summed E-state index contributed by atoms with van der Waals surface area (Å²) < 4.78 is 5.23. The second-order valence-corrected chi connectivity index (χ2v) is 4.39. The summed E-state index contributed by atoms with van der Waals surface area (Å²) in [5.74, 6) is 0.278. The smallest absolute Gasteiger partial charge is 0.274 e. The van der Waals surface area contributed by atoms with Gasteiger partial charge in [-0.3, -0.25) is 4.79 Å². The Morgan fingerprint density at radius 2 is 2.11 bits per heavy atom. The summed E-state index contributed by atoms with van der Waals surface area (Å²) in [6.07, 6.45) is 0. The number of nitrogens with one attached hydrogen (secondary N) is 1. The second-order valence-electron chi connectivity index (χ2n) is 4.00. The first-order valence-corrected chi connectivity index (χ1v) is 6.06. The first kappa shape index (κ1) is 13.4. The van der Waals surface area contributed by atoms with Crippen LogP contribution in [0.1, 0.15) is 16.1 Å². The van der Waals surface area contributed by atoms with Gasteiger partial charge in [0.25, 0.3) is 5.91 Å². The van der Waals surface area contributed by atoms with Crippen LogP contribution in [0.2, 0.25) is 5.15 Å². The molecular weight excluding hydrogens is 264 g/mol. The zero-order valence-corrected chi connectivity index (χ0v) is 11.4. The van der Waals surface area contributed by atoms with Crippen LogP contribution in [0.15, 0.2) is 36.4 Å². The number of halogens is 1. The topological polar surface area (TPSA) is 51.2 Å². The standard InChI is InChI=1S/C14H13ClN2O2/c1-9-6-7-10(12(8-9)19-2)17-14(18)11-4-3-5-13(15)16-11/h3-8H,1-2H3,(H,17,18). The van der Waals surface area contributed by atoms with Crippen LogP contribution < -0.4 is 10.1 Å². The van der Waals surface area contributed by atoms with Gasteiger partial charge in [0.2, 0.25) is 0 Å². The molecule has 0 radical (unpaired) electrons. The molecule has 1 aromatic carbocycles. The highest BCUT2D eigenvalue weighted by Crippen LogP contribution is 2.25. The normalized spacial score (nSPS) is 10.1. The maximum atomic E-state index is 12.0. The van der Waals surface area contributed by atoms with E-state index in [1.807, 2.05) is 19.1 Å². The molecule has 0 aliphatic carbocycles. The van der Waals surface area contributed by atoms with Gasteiger partial charge in [-0.05, 0) is 36.8 Å². The summed E-state index contributed by atoms with van der Waals surface area (Å²) in [7, 11) is 1.56. The van der Waals surface area contributed by atoms with Gasteiger partial charge in [-0.1, -0.05) is 23.7 Å². The number of anilines is 1. The van der Waals surface area contributed by atoms with Gasteiger partial charge in [-0.2, -0.15) is 0 Å². The van der Waals surface area contributed by atoms with E-state index >= 15 is 0 Å². The van der Waals surface area contributed by atoms with Gasteiger partial charge >= 0.3 is 0 Å². The van der Waals surface area contributed by atoms with E-state index in [1.54, 1.807) is 31.4 Å². The molecule has 5 heteroatoms. The maximum absolute atomic E-state index is 12.0. The molecule has 98 valence electrons. The van der Waals surface area contributed by atoms with Gasteiger partial charge < -0.3 is 10.1 Å². The van der Waals surface area contributed by atoms with Crippen molar-refractivity contribution in [3.63, 3.8) is 0 Å². The molecule has 2 rings (SSSR count). The monoisotopic (exact) mass is 276 g/mol. The predicted molar refractivity (Wildman–Crippen MR) is 74.9 cm³/mol. The van der Waals surface area contributed by atoms with Gasteiger partial charge in [0.05, 0.1) is 12.8 Å². The molecule has 0 fully saturated rings. The minimum absolute atomic E-state index is 0.259. The van der Waals surface area contributed by atoms with E-state index in [4.69, 9.17) is 16.3 Å². The molecule has 19 heavy (non-hydrogen) atoms. The number of hydrogen-bond acceptors (Lipinski definition) is 3. The minimum atomic E-state index is -0.329.